The normalized spacial score (nSPS) is 24.3. The molecule has 0 unspecified atom stereocenters. The number of nitrogens with zero attached hydrogens (tertiary/aromatic N) is 1. The van der Waals surface area contributed by atoms with E-state index in [4.69, 9.17) is 4.74 Å². The molecule has 1 aliphatic rings. The number of likely N-dealkylation sites (tertiary alicyclic amines) is 1. The van der Waals surface area contributed by atoms with Crippen molar-refractivity contribution in [3.8, 4) is 0 Å². The molecular formula is C8H14FNO2. The van der Waals surface area contributed by atoms with Gasteiger partial charge in [0.2, 0.25) is 0 Å². The first-order valence-electron chi connectivity index (χ1n) is 4.18. The van der Waals surface area contributed by atoms with E-state index in [-0.39, 0.29) is 5.97 Å². The molecule has 70 valence electrons. The average molecular weight is 175 g/mol. The average Bonchev–Trinajstić information content (AvgIpc) is 2.35. The molecule has 0 N–H and O–H groups in total. The van der Waals surface area contributed by atoms with E-state index >= 15 is 0 Å². The van der Waals surface area contributed by atoms with Crippen LogP contribution < -0.4 is 0 Å². The number of ether oxygens (including phenoxy) is 1. The number of rotatable bonds is 3. The molecule has 4 heteroatoms. The maximum absolute atomic E-state index is 12.6. The van der Waals surface area contributed by atoms with Gasteiger partial charge < -0.3 is 4.74 Å². The standard InChI is InChI=1S/C8H14FNO2/c1-7(11)12-5-4-10-3-2-8(9)6-10/h8H,2-6H2,1H3/t8-/m0/s1. The van der Waals surface area contributed by atoms with Gasteiger partial charge in [0.15, 0.2) is 0 Å². The number of alkyl halides is 1. The summed E-state index contributed by atoms with van der Waals surface area (Å²) in [5, 5.41) is 0. The maximum Gasteiger partial charge on any atom is 0.302 e. The minimum atomic E-state index is -0.692. The lowest BCUT2D eigenvalue weighted by molar-refractivity contribution is -0.141. The largest absolute Gasteiger partial charge is 0.465 e. The van der Waals surface area contributed by atoms with Gasteiger partial charge in [-0.15, -0.1) is 0 Å². The number of halogens is 1. The molecule has 1 heterocycles. The Kier molecular flexibility index (Phi) is 3.47. The van der Waals surface area contributed by atoms with E-state index in [1.165, 1.54) is 6.92 Å². The number of hydrogen-bond donors (Lipinski definition) is 0. The first-order chi connectivity index (χ1) is 5.68. The molecule has 1 atom stereocenters. The molecule has 1 fully saturated rings. The van der Waals surface area contributed by atoms with Crippen LogP contribution in [0.15, 0.2) is 0 Å². The molecule has 0 amide bonds. The van der Waals surface area contributed by atoms with Crippen LogP contribution in [0.4, 0.5) is 4.39 Å². The predicted molar refractivity (Wildman–Crippen MR) is 42.6 cm³/mol. The van der Waals surface area contributed by atoms with Gasteiger partial charge in [0, 0.05) is 26.6 Å². The van der Waals surface area contributed by atoms with Crippen molar-refractivity contribution in [3.05, 3.63) is 0 Å². The second kappa shape index (κ2) is 4.40. The van der Waals surface area contributed by atoms with Crippen molar-refractivity contribution in [2.24, 2.45) is 0 Å². The molecule has 1 aliphatic heterocycles. The fraction of sp³-hybridized carbons (Fsp3) is 0.875. The summed E-state index contributed by atoms with van der Waals surface area (Å²) < 4.78 is 17.3. The van der Waals surface area contributed by atoms with E-state index in [9.17, 15) is 9.18 Å². The fourth-order valence-electron chi connectivity index (χ4n) is 1.31. The molecule has 0 aromatic rings. The molecule has 0 radical (unpaired) electrons. The summed E-state index contributed by atoms with van der Waals surface area (Å²) in [6.07, 6.45) is -0.0811. The Morgan fingerprint density at radius 3 is 3.00 bits per heavy atom. The summed E-state index contributed by atoms with van der Waals surface area (Å²) in [7, 11) is 0. The van der Waals surface area contributed by atoms with Crippen LogP contribution >= 0.6 is 0 Å². The molecule has 0 bridgehead atoms. The highest BCUT2D eigenvalue weighted by Crippen LogP contribution is 2.10. The number of esters is 1. The molecule has 1 saturated heterocycles. The number of carbonyl (C=O) groups is 1. The van der Waals surface area contributed by atoms with Gasteiger partial charge in [-0.1, -0.05) is 0 Å². The van der Waals surface area contributed by atoms with Crippen molar-refractivity contribution in [2.75, 3.05) is 26.2 Å². The van der Waals surface area contributed by atoms with Crippen LogP contribution in [-0.4, -0.2) is 43.3 Å². The maximum atomic E-state index is 12.6. The highest BCUT2D eigenvalue weighted by atomic mass is 19.1. The molecule has 0 spiro atoms. The third kappa shape index (κ3) is 3.17. The van der Waals surface area contributed by atoms with Gasteiger partial charge in [0.25, 0.3) is 0 Å². The Balaban J connectivity index is 2.04. The van der Waals surface area contributed by atoms with Gasteiger partial charge in [-0.05, 0) is 6.42 Å². The molecule has 3 nitrogen and oxygen atoms in total. The van der Waals surface area contributed by atoms with E-state index in [1.54, 1.807) is 0 Å². The molecule has 1 rings (SSSR count). The summed E-state index contributed by atoms with van der Waals surface area (Å²) in [4.78, 5) is 12.3. The van der Waals surface area contributed by atoms with Gasteiger partial charge in [0.1, 0.15) is 12.8 Å². The third-order valence-electron chi connectivity index (χ3n) is 1.93. The fourth-order valence-corrected chi connectivity index (χ4v) is 1.31. The molecular weight excluding hydrogens is 161 g/mol. The van der Waals surface area contributed by atoms with Gasteiger partial charge in [-0.25, -0.2) is 4.39 Å². The zero-order valence-electron chi connectivity index (χ0n) is 7.25. The van der Waals surface area contributed by atoms with Crippen LogP contribution in [0.25, 0.3) is 0 Å². The van der Waals surface area contributed by atoms with Gasteiger partial charge in [-0.3, -0.25) is 9.69 Å². The first kappa shape index (κ1) is 9.45. The van der Waals surface area contributed by atoms with Crippen molar-refractivity contribution in [1.82, 2.24) is 4.90 Å². The second-order valence-electron chi connectivity index (χ2n) is 3.03. The predicted octanol–water partition coefficient (Wildman–Crippen LogP) is 0.593. The molecule has 0 aliphatic carbocycles. The lowest BCUT2D eigenvalue weighted by Crippen LogP contribution is -2.26. The zero-order chi connectivity index (χ0) is 8.97. The Morgan fingerprint density at radius 1 is 1.75 bits per heavy atom. The lowest BCUT2D eigenvalue weighted by atomic mass is 10.3. The van der Waals surface area contributed by atoms with E-state index < -0.39 is 6.17 Å². The third-order valence-corrected chi connectivity index (χ3v) is 1.93. The minimum Gasteiger partial charge on any atom is -0.465 e. The van der Waals surface area contributed by atoms with E-state index in [2.05, 4.69) is 0 Å². The quantitative estimate of drug-likeness (QED) is 0.588. The summed E-state index contributed by atoms with van der Waals surface area (Å²) in [5.41, 5.74) is 0. The summed E-state index contributed by atoms with van der Waals surface area (Å²) >= 11 is 0. The van der Waals surface area contributed by atoms with Crippen LogP contribution in [0.3, 0.4) is 0 Å². The zero-order valence-corrected chi connectivity index (χ0v) is 7.25. The van der Waals surface area contributed by atoms with Crippen molar-refractivity contribution >= 4 is 5.97 Å². The molecule has 0 aromatic carbocycles. The minimum absolute atomic E-state index is 0.272. The monoisotopic (exact) mass is 175 g/mol. The number of carbonyl (C=O) groups excluding carboxylic acids is 1. The van der Waals surface area contributed by atoms with E-state index in [0.717, 1.165) is 6.54 Å². The molecule has 0 aromatic heterocycles. The number of hydrogen-bond acceptors (Lipinski definition) is 3. The Bertz CT molecular complexity index is 163. The first-order valence-corrected chi connectivity index (χ1v) is 4.18. The highest BCUT2D eigenvalue weighted by molar-refractivity contribution is 5.65. The molecule has 12 heavy (non-hydrogen) atoms. The van der Waals surface area contributed by atoms with Gasteiger partial charge >= 0.3 is 5.97 Å². The topological polar surface area (TPSA) is 29.5 Å². The smallest absolute Gasteiger partial charge is 0.302 e. The van der Waals surface area contributed by atoms with Crippen LogP contribution in [0, 0.1) is 0 Å². The van der Waals surface area contributed by atoms with E-state index in [1.807, 2.05) is 4.90 Å². The van der Waals surface area contributed by atoms with Crippen molar-refractivity contribution in [3.63, 3.8) is 0 Å². The van der Waals surface area contributed by atoms with Crippen molar-refractivity contribution in [2.45, 2.75) is 19.5 Å². The Labute approximate surface area is 71.5 Å². The van der Waals surface area contributed by atoms with Crippen molar-refractivity contribution < 1.29 is 13.9 Å². The molecule has 0 saturated carbocycles. The van der Waals surface area contributed by atoms with Crippen molar-refractivity contribution in [1.29, 1.82) is 0 Å². The second-order valence-corrected chi connectivity index (χ2v) is 3.03. The lowest BCUT2D eigenvalue weighted by Gasteiger charge is -2.13. The van der Waals surface area contributed by atoms with Crippen LogP contribution in [0.1, 0.15) is 13.3 Å². The van der Waals surface area contributed by atoms with Crippen LogP contribution in [-0.2, 0) is 9.53 Å². The Morgan fingerprint density at radius 2 is 2.50 bits per heavy atom. The summed E-state index contributed by atoms with van der Waals surface area (Å²) in [6.45, 7) is 3.67. The van der Waals surface area contributed by atoms with Gasteiger partial charge in [0.05, 0.1) is 0 Å². The van der Waals surface area contributed by atoms with Crippen LogP contribution in [0.2, 0.25) is 0 Å². The van der Waals surface area contributed by atoms with Gasteiger partial charge in [-0.2, -0.15) is 0 Å². The summed E-state index contributed by atoms with van der Waals surface area (Å²) in [5.74, 6) is -0.272. The Hall–Kier alpha value is -0.640. The summed E-state index contributed by atoms with van der Waals surface area (Å²) in [6, 6.07) is 0. The SMILES string of the molecule is CC(=O)OCCN1CC[C@H](F)C1. The van der Waals surface area contributed by atoms with Crippen LogP contribution in [0.5, 0.6) is 0 Å². The highest BCUT2D eigenvalue weighted by Gasteiger charge is 2.20. The van der Waals surface area contributed by atoms with E-state index in [0.29, 0.717) is 26.1 Å².